The molecule has 1 saturated carbocycles. The highest BCUT2D eigenvalue weighted by Gasteiger charge is 2.39. The lowest BCUT2D eigenvalue weighted by molar-refractivity contribution is -0.138. The molecule has 2 aromatic carbocycles. The Hall–Kier alpha value is -3.20. The third kappa shape index (κ3) is 6.69. The maximum absolute atomic E-state index is 13.8. The maximum Gasteiger partial charge on any atom is 0.227 e. The number of aromatic nitrogens is 1. The number of nitrogens with one attached hydrogen (secondary N) is 2. The van der Waals surface area contributed by atoms with Gasteiger partial charge in [-0.15, -0.1) is 0 Å². The average molecular weight is 533 g/mol. The molecule has 8 nitrogen and oxygen atoms in total. The minimum atomic E-state index is -0.758. The molecule has 3 N–H and O–H groups in total. The summed E-state index contributed by atoms with van der Waals surface area (Å²) in [5, 5.41) is 17.8. The number of piperidine rings is 1. The van der Waals surface area contributed by atoms with E-state index in [1.54, 1.807) is 7.11 Å². The van der Waals surface area contributed by atoms with Gasteiger partial charge in [0.2, 0.25) is 11.8 Å². The van der Waals surface area contributed by atoms with Crippen LogP contribution in [0.25, 0.3) is 10.9 Å². The minimum absolute atomic E-state index is 0.118. The van der Waals surface area contributed by atoms with Crippen molar-refractivity contribution in [2.24, 2.45) is 11.8 Å². The number of methoxy groups -OCH3 is 1. The second-order valence-electron chi connectivity index (χ2n) is 10.9. The fourth-order valence-corrected chi connectivity index (χ4v) is 5.67. The summed E-state index contributed by atoms with van der Waals surface area (Å²) >= 11 is 0. The molecule has 1 aliphatic heterocycles. The van der Waals surface area contributed by atoms with E-state index < -0.39 is 6.10 Å². The topological polar surface area (TPSA) is 95.8 Å². The molecule has 208 valence electrons. The molecule has 1 aliphatic carbocycles. The summed E-state index contributed by atoms with van der Waals surface area (Å²) in [4.78, 5) is 28.9. The average Bonchev–Trinajstić information content (AvgIpc) is 3.77. The second-order valence-corrected chi connectivity index (χ2v) is 10.9. The Kier molecular flexibility index (Phi) is 8.96. The summed E-state index contributed by atoms with van der Waals surface area (Å²) in [7, 11) is 1.72. The van der Waals surface area contributed by atoms with E-state index in [9.17, 15) is 14.7 Å². The van der Waals surface area contributed by atoms with Crippen LogP contribution in [0, 0.1) is 11.8 Å². The van der Waals surface area contributed by atoms with Gasteiger partial charge in [-0.3, -0.25) is 9.59 Å². The Labute approximate surface area is 230 Å². The highest BCUT2D eigenvalue weighted by atomic mass is 16.5. The lowest BCUT2D eigenvalue weighted by atomic mass is 9.88. The van der Waals surface area contributed by atoms with E-state index >= 15 is 0 Å². The van der Waals surface area contributed by atoms with Gasteiger partial charge in [0.05, 0.1) is 17.9 Å². The molecular weight excluding hydrogens is 492 g/mol. The Morgan fingerprint density at radius 3 is 2.62 bits per heavy atom. The highest BCUT2D eigenvalue weighted by molar-refractivity contribution is 5.86. The largest absolute Gasteiger partial charge is 0.387 e. The van der Waals surface area contributed by atoms with Gasteiger partial charge in [-0.25, -0.2) is 0 Å². The minimum Gasteiger partial charge on any atom is -0.387 e. The van der Waals surface area contributed by atoms with Crippen molar-refractivity contribution in [2.75, 3.05) is 33.4 Å². The Balaban J connectivity index is 1.23. The highest BCUT2D eigenvalue weighted by Crippen LogP contribution is 2.33. The van der Waals surface area contributed by atoms with Crippen LogP contribution in [-0.4, -0.2) is 65.8 Å². The number of ether oxygens (including phenoxy) is 1. The van der Waals surface area contributed by atoms with Crippen LogP contribution in [0.15, 0.2) is 60.8 Å². The predicted octanol–water partition coefficient (Wildman–Crippen LogP) is 3.24. The number of hydrogen-bond acceptors (Lipinski definition) is 5. The zero-order chi connectivity index (χ0) is 27.2. The molecule has 0 spiro atoms. The molecule has 2 fully saturated rings. The molecule has 2 amide bonds. The van der Waals surface area contributed by atoms with Gasteiger partial charge in [-0.05, 0) is 42.9 Å². The molecule has 1 unspecified atom stereocenters. The predicted molar refractivity (Wildman–Crippen MR) is 151 cm³/mol. The van der Waals surface area contributed by atoms with Crippen LogP contribution in [-0.2, 0) is 27.4 Å². The van der Waals surface area contributed by atoms with E-state index in [1.165, 1.54) is 10.9 Å². The summed E-state index contributed by atoms with van der Waals surface area (Å²) < 4.78 is 7.51. The molecule has 3 atom stereocenters. The summed E-state index contributed by atoms with van der Waals surface area (Å²) in [6.45, 7) is 3.43. The van der Waals surface area contributed by atoms with Crippen molar-refractivity contribution in [3.8, 4) is 0 Å². The first kappa shape index (κ1) is 27.4. The van der Waals surface area contributed by atoms with Gasteiger partial charge >= 0.3 is 0 Å². The molecule has 8 heteroatoms. The maximum atomic E-state index is 13.8. The van der Waals surface area contributed by atoms with Gasteiger partial charge in [0.1, 0.15) is 0 Å². The first-order valence-electron chi connectivity index (χ1n) is 14.1. The number of rotatable bonds is 12. The number of para-hydroxylation sites is 1. The smallest absolute Gasteiger partial charge is 0.227 e. The standard InChI is InChI=1S/C31H40N4O4/c1-39-15-7-14-34-20-25(27-10-5-6-11-28(27)34)21-35(26-12-13-26)31(38)24-16-23(17-32-18-24)30(37)33-19-29(36)22-8-3-2-4-9-22/h2-6,8-11,20,23-24,26,29,32,36H,7,12-19,21H2,1H3,(H,33,37)/t23-,24+,29?/m0/s1. The van der Waals surface area contributed by atoms with Crippen LogP contribution in [0.3, 0.4) is 0 Å². The van der Waals surface area contributed by atoms with Crippen molar-refractivity contribution in [1.82, 2.24) is 20.1 Å². The number of fused-ring (bicyclic) bond motifs is 1. The first-order valence-corrected chi connectivity index (χ1v) is 14.1. The van der Waals surface area contributed by atoms with E-state index in [1.807, 2.05) is 35.2 Å². The molecule has 2 heterocycles. The molecule has 1 saturated heterocycles. The normalized spacial score (nSPS) is 20.1. The van der Waals surface area contributed by atoms with Crippen LogP contribution in [0.4, 0.5) is 0 Å². The second kappa shape index (κ2) is 12.8. The van der Waals surface area contributed by atoms with E-state index in [2.05, 4.69) is 45.7 Å². The number of aliphatic hydroxyl groups is 1. The van der Waals surface area contributed by atoms with Crippen molar-refractivity contribution >= 4 is 22.7 Å². The summed E-state index contributed by atoms with van der Waals surface area (Å²) in [6, 6.07) is 18.0. The molecule has 0 bridgehead atoms. The van der Waals surface area contributed by atoms with Gasteiger partial charge in [0.25, 0.3) is 0 Å². The Morgan fingerprint density at radius 1 is 1.10 bits per heavy atom. The van der Waals surface area contributed by atoms with Crippen LogP contribution < -0.4 is 10.6 Å². The third-order valence-electron chi connectivity index (χ3n) is 7.95. The SMILES string of the molecule is COCCCn1cc(CN(C(=O)[C@H]2CNC[C@@H](C(=O)NCC(O)c3ccccc3)C2)C2CC2)c2ccccc21. The van der Waals surface area contributed by atoms with Crippen molar-refractivity contribution in [3.05, 3.63) is 71.9 Å². The van der Waals surface area contributed by atoms with E-state index in [0.29, 0.717) is 32.7 Å². The number of carbonyl (C=O) groups excluding carboxylic acids is 2. The van der Waals surface area contributed by atoms with Crippen molar-refractivity contribution in [3.63, 3.8) is 0 Å². The number of hydrogen-bond donors (Lipinski definition) is 3. The fraction of sp³-hybridized carbons (Fsp3) is 0.484. The third-order valence-corrected chi connectivity index (χ3v) is 7.95. The number of aryl methyl sites for hydroxylation is 1. The molecule has 39 heavy (non-hydrogen) atoms. The summed E-state index contributed by atoms with van der Waals surface area (Å²) in [6.07, 6.45) is 4.93. The molecule has 5 rings (SSSR count). The van der Waals surface area contributed by atoms with Gasteiger partial charge < -0.3 is 29.9 Å². The van der Waals surface area contributed by atoms with Crippen LogP contribution in [0.5, 0.6) is 0 Å². The fourth-order valence-electron chi connectivity index (χ4n) is 5.67. The lowest BCUT2D eigenvalue weighted by Gasteiger charge is -2.33. The van der Waals surface area contributed by atoms with Gasteiger partial charge in [-0.1, -0.05) is 48.5 Å². The number of carbonyl (C=O) groups is 2. The monoisotopic (exact) mass is 532 g/mol. The Bertz CT molecular complexity index is 1260. The molecule has 1 aromatic heterocycles. The van der Waals surface area contributed by atoms with Crippen LogP contribution in [0.2, 0.25) is 0 Å². The van der Waals surface area contributed by atoms with Gasteiger partial charge in [0, 0.05) is 69.6 Å². The van der Waals surface area contributed by atoms with Gasteiger partial charge in [0.15, 0.2) is 0 Å². The zero-order valence-electron chi connectivity index (χ0n) is 22.7. The zero-order valence-corrected chi connectivity index (χ0v) is 22.7. The van der Waals surface area contributed by atoms with Crippen molar-refractivity contribution < 1.29 is 19.4 Å². The number of amides is 2. The Morgan fingerprint density at radius 2 is 1.85 bits per heavy atom. The lowest BCUT2D eigenvalue weighted by Crippen LogP contribution is -2.50. The molecular formula is C31H40N4O4. The number of benzene rings is 2. The van der Waals surface area contributed by atoms with Crippen LogP contribution in [0.1, 0.15) is 42.9 Å². The number of aliphatic hydroxyl groups excluding tert-OH is 1. The molecule has 2 aliphatic rings. The molecule has 3 aromatic rings. The van der Waals surface area contributed by atoms with Crippen molar-refractivity contribution in [2.45, 2.75) is 50.9 Å². The van der Waals surface area contributed by atoms with E-state index in [0.717, 1.165) is 36.9 Å². The molecule has 0 radical (unpaired) electrons. The van der Waals surface area contributed by atoms with Crippen molar-refractivity contribution in [1.29, 1.82) is 0 Å². The first-order chi connectivity index (χ1) is 19.0. The quantitative estimate of drug-likeness (QED) is 0.311. The van der Waals surface area contributed by atoms with E-state index in [4.69, 9.17) is 4.74 Å². The van der Waals surface area contributed by atoms with Crippen LogP contribution >= 0.6 is 0 Å². The summed E-state index contributed by atoms with van der Waals surface area (Å²) in [5.41, 5.74) is 3.12. The summed E-state index contributed by atoms with van der Waals surface area (Å²) in [5.74, 6) is -0.543. The van der Waals surface area contributed by atoms with Gasteiger partial charge in [-0.2, -0.15) is 0 Å². The van der Waals surface area contributed by atoms with E-state index in [-0.39, 0.29) is 36.2 Å². The number of nitrogens with zero attached hydrogens (tertiary/aromatic N) is 2.